The number of thioether (sulfide) groups is 1. The number of para-hydroxylation sites is 3. The number of hydrogen-bond acceptors (Lipinski definition) is 4. The lowest BCUT2D eigenvalue weighted by atomic mass is 10.1. The summed E-state index contributed by atoms with van der Waals surface area (Å²) in [6, 6.07) is 17.4. The Balaban J connectivity index is 1.70. The molecule has 0 radical (unpaired) electrons. The van der Waals surface area contributed by atoms with Gasteiger partial charge < -0.3 is 4.74 Å². The first-order valence-electron chi connectivity index (χ1n) is 7.83. The lowest BCUT2D eigenvalue weighted by Gasteiger charge is -2.18. The molecule has 4 rings (SSSR count). The van der Waals surface area contributed by atoms with Crippen LogP contribution >= 0.6 is 23.4 Å². The molecule has 3 aromatic rings. The summed E-state index contributed by atoms with van der Waals surface area (Å²) in [6.45, 7) is 0.531. The number of rotatable bonds is 3. The van der Waals surface area contributed by atoms with E-state index in [0.717, 1.165) is 22.2 Å². The van der Waals surface area contributed by atoms with Gasteiger partial charge in [-0.3, -0.25) is 9.69 Å². The molecule has 6 heteroatoms. The van der Waals surface area contributed by atoms with E-state index in [9.17, 15) is 4.79 Å². The smallest absolute Gasteiger partial charge is 0.286 e. The average molecular weight is 371 g/mol. The van der Waals surface area contributed by atoms with Gasteiger partial charge >= 0.3 is 0 Å². The Morgan fingerprint density at radius 1 is 1.20 bits per heavy atom. The van der Waals surface area contributed by atoms with Gasteiger partial charge in [0.15, 0.2) is 0 Å². The molecule has 1 fully saturated rings. The molecule has 0 bridgehead atoms. The zero-order chi connectivity index (χ0) is 17.4. The van der Waals surface area contributed by atoms with E-state index in [-0.39, 0.29) is 10.5 Å². The SMILES string of the molecule is COc1ccccc1N1C[C@H](c2cc3ccccc3nc2Cl)SC1=O. The zero-order valence-electron chi connectivity index (χ0n) is 13.5. The van der Waals surface area contributed by atoms with Crippen LogP contribution in [0.15, 0.2) is 54.6 Å². The third-order valence-electron chi connectivity index (χ3n) is 4.24. The van der Waals surface area contributed by atoms with Crippen LogP contribution in [0.4, 0.5) is 10.5 Å². The molecule has 2 aromatic carbocycles. The molecule has 0 saturated carbocycles. The predicted molar refractivity (Wildman–Crippen MR) is 103 cm³/mol. The number of halogens is 1. The molecule has 1 atom stereocenters. The minimum absolute atomic E-state index is 0.0151. The van der Waals surface area contributed by atoms with Gasteiger partial charge in [-0.15, -0.1) is 0 Å². The minimum atomic E-state index is -0.0676. The topological polar surface area (TPSA) is 42.4 Å². The van der Waals surface area contributed by atoms with Gasteiger partial charge in [-0.25, -0.2) is 4.98 Å². The summed E-state index contributed by atoms with van der Waals surface area (Å²) in [4.78, 5) is 18.8. The van der Waals surface area contributed by atoms with Crippen molar-refractivity contribution in [1.29, 1.82) is 0 Å². The Labute approximate surface area is 154 Å². The number of ether oxygens (including phenoxy) is 1. The van der Waals surface area contributed by atoms with Crippen molar-refractivity contribution in [3.63, 3.8) is 0 Å². The molecule has 0 unspecified atom stereocenters. The van der Waals surface area contributed by atoms with E-state index in [1.807, 2.05) is 54.6 Å². The highest BCUT2D eigenvalue weighted by atomic mass is 35.5. The van der Waals surface area contributed by atoms with Gasteiger partial charge in [0, 0.05) is 17.5 Å². The number of aromatic nitrogens is 1. The van der Waals surface area contributed by atoms with Gasteiger partial charge in [-0.05, 0) is 24.3 Å². The molecule has 1 amide bonds. The first kappa shape index (κ1) is 16.2. The van der Waals surface area contributed by atoms with Gasteiger partial charge in [0.25, 0.3) is 5.24 Å². The van der Waals surface area contributed by atoms with Crippen molar-refractivity contribution >= 4 is 45.2 Å². The van der Waals surface area contributed by atoms with Crippen molar-refractivity contribution < 1.29 is 9.53 Å². The normalized spacial score (nSPS) is 17.3. The molecular weight excluding hydrogens is 356 g/mol. The number of fused-ring (bicyclic) bond motifs is 1. The largest absolute Gasteiger partial charge is 0.495 e. The van der Waals surface area contributed by atoms with Crippen molar-refractivity contribution in [2.24, 2.45) is 0 Å². The lowest BCUT2D eigenvalue weighted by molar-refractivity contribution is 0.266. The Morgan fingerprint density at radius 3 is 2.80 bits per heavy atom. The van der Waals surface area contributed by atoms with Crippen molar-refractivity contribution in [2.45, 2.75) is 5.25 Å². The van der Waals surface area contributed by atoms with Crippen LogP contribution in [0.25, 0.3) is 10.9 Å². The van der Waals surface area contributed by atoms with Gasteiger partial charge in [0.05, 0.1) is 23.6 Å². The Kier molecular flexibility index (Phi) is 4.27. The first-order valence-corrected chi connectivity index (χ1v) is 9.09. The maximum Gasteiger partial charge on any atom is 0.286 e. The van der Waals surface area contributed by atoms with Gasteiger partial charge in [0.1, 0.15) is 10.9 Å². The van der Waals surface area contributed by atoms with E-state index in [1.54, 1.807) is 12.0 Å². The Hall–Kier alpha value is -2.24. The van der Waals surface area contributed by atoms with Crippen LogP contribution in [0, 0.1) is 0 Å². The summed E-state index contributed by atoms with van der Waals surface area (Å²) in [7, 11) is 1.61. The van der Waals surface area contributed by atoms with Crippen LogP contribution in [-0.4, -0.2) is 23.9 Å². The summed E-state index contributed by atoms with van der Waals surface area (Å²) in [5.74, 6) is 0.680. The van der Waals surface area contributed by atoms with E-state index in [4.69, 9.17) is 16.3 Å². The van der Waals surface area contributed by atoms with E-state index >= 15 is 0 Å². The van der Waals surface area contributed by atoms with Gasteiger partial charge in [-0.1, -0.05) is 53.7 Å². The Bertz CT molecular complexity index is 963. The molecule has 0 N–H and O–H groups in total. The van der Waals surface area contributed by atoms with Crippen LogP contribution in [0.5, 0.6) is 5.75 Å². The average Bonchev–Trinajstić information content (AvgIpc) is 3.02. The number of amides is 1. The number of benzene rings is 2. The minimum Gasteiger partial charge on any atom is -0.495 e. The molecule has 1 saturated heterocycles. The summed E-state index contributed by atoms with van der Waals surface area (Å²) in [5, 5.41) is 1.39. The fraction of sp³-hybridized carbons (Fsp3) is 0.158. The van der Waals surface area contributed by atoms with Gasteiger partial charge in [0.2, 0.25) is 0 Å². The highest BCUT2D eigenvalue weighted by Crippen LogP contribution is 2.44. The maximum absolute atomic E-state index is 12.6. The number of anilines is 1. The van der Waals surface area contributed by atoms with Crippen LogP contribution < -0.4 is 9.64 Å². The summed E-state index contributed by atoms with van der Waals surface area (Å²) >= 11 is 7.67. The van der Waals surface area contributed by atoms with Crippen molar-refractivity contribution in [3.8, 4) is 5.75 Å². The van der Waals surface area contributed by atoms with E-state index in [0.29, 0.717) is 17.4 Å². The molecule has 0 spiro atoms. The van der Waals surface area contributed by atoms with E-state index in [2.05, 4.69) is 4.98 Å². The third kappa shape index (κ3) is 2.94. The van der Waals surface area contributed by atoms with Crippen molar-refractivity contribution in [3.05, 3.63) is 65.3 Å². The first-order chi connectivity index (χ1) is 12.2. The molecule has 1 aromatic heterocycles. The molecule has 4 nitrogen and oxygen atoms in total. The maximum atomic E-state index is 12.6. The number of carbonyl (C=O) groups is 1. The highest BCUT2D eigenvalue weighted by molar-refractivity contribution is 8.14. The highest BCUT2D eigenvalue weighted by Gasteiger charge is 2.35. The second kappa shape index (κ2) is 6.58. The van der Waals surface area contributed by atoms with Gasteiger partial charge in [-0.2, -0.15) is 0 Å². The molecule has 25 heavy (non-hydrogen) atoms. The second-order valence-corrected chi connectivity index (χ2v) is 7.23. The van der Waals surface area contributed by atoms with Crippen molar-refractivity contribution in [2.75, 3.05) is 18.6 Å². The van der Waals surface area contributed by atoms with Crippen LogP contribution in [0.3, 0.4) is 0 Å². The molecule has 2 heterocycles. The number of pyridine rings is 1. The second-order valence-electron chi connectivity index (χ2n) is 5.72. The number of hydrogen-bond donors (Lipinski definition) is 0. The van der Waals surface area contributed by atoms with Crippen molar-refractivity contribution in [1.82, 2.24) is 4.98 Å². The number of carbonyl (C=O) groups excluding carboxylic acids is 1. The fourth-order valence-electron chi connectivity index (χ4n) is 3.01. The number of methoxy groups -OCH3 is 1. The lowest BCUT2D eigenvalue weighted by Crippen LogP contribution is -2.23. The number of nitrogens with zero attached hydrogens (tertiary/aromatic N) is 2. The van der Waals surface area contributed by atoms with Crippen LogP contribution in [0.1, 0.15) is 10.8 Å². The summed E-state index contributed by atoms with van der Waals surface area (Å²) in [6.07, 6.45) is 0. The Morgan fingerprint density at radius 2 is 1.96 bits per heavy atom. The molecule has 1 aliphatic heterocycles. The van der Waals surface area contributed by atoms with Crippen LogP contribution in [-0.2, 0) is 0 Å². The molecule has 1 aliphatic rings. The summed E-state index contributed by atoms with van der Waals surface area (Å²) in [5.41, 5.74) is 2.51. The van der Waals surface area contributed by atoms with E-state index < -0.39 is 0 Å². The summed E-state index contributed by atoms with van der Waals surface area (Å²) < 4.78 is 5.39. The van der Waals surface area contributed by atoms with E-state index in [1.165, 1.54) is 11.8 Å². The third-order valence-corrected chi connectivity index (χ3v) is 5.65. The zero-order valence-corrected chi connectivity index (χ0v) is 15.1. The fourth-order valence-corrected chi connectivity index (χ4v) is 4.42. The predicted octanol–water partition coefficient (Wildman–Crippen LogP) is 5.31. The molecule has 126 valence electrons. The molecule has 0 aliphatic carbocycles. The monoisotopic (exact) mass is 370 g/mol. The molecular formula is C19H15ClN2O2S. The van der Waals surface area contributed by atoms with Crippen LogP contribution in [0.2, 0.25) is 5.15 Å². The quantitative estimate of drug-likeness (QED) is 0.586. The standard InChI is InChI=1S/C19H15ClN2O2S/c1-24-16-9-5-4-8-15(16)22-11-17(25-19(22)23)13-10-12-6-2-3-7-14(12)21-18(13)20/h2-10,17H,11H2,1H3/t17-/m1/s1.